The summed E-state index contributed by atoms with van der Waals surface area (Å²) in [5, 5.41) is 2.14. The zero-order valence-electron chi connectivity index (χ0n) is 13.0. The molecule has 0 saturated heterocycles. The fourth-order valence-corrected chi connectivity index (χ4v) is 2.11. The molecule has 0 aliphatic heterocycles. The standard InChI is InChI=1S/C17H15F2NO4/c1-23-14-9-13(15(24-2)8-11(14)10-21)17(18,19)16(22)20-12-6-4-3-5-7-12/h3-10H,1-2H3,(H,20,22). The van der Waals surface area contributed by atoms with Crippen LogP contribution in [0.2, 0.25) is 0 Å². The Balaban J connectivity index is 2.43. The van der Waals surface area contributed by atoms with Crippen LogP contribution in [0.5, 0.6) is 11.5 Å². The van der Waals surface area contributed by atoms with Crippen molar-refractivity contribution >= 4 is 17.9 Å². The highest BCUT2D eigenvalue weighted by atomic mass is 19.3. The highest BCUT2D eigenvalue weighted by molar-refractivity contribution is 5.97. The lowest BCUT2D eigenvalue weighted by Gasteiger charge is -2.20. The Hall–Kier alpha value is -2.96. The van der Waals surface area contributed by atoms with E-state index in [4.69, 9.17) is 9.47 Å². The van der Waals surface area contributed by atoms with Crippen LogP contribution >= 0.6 is 0 Å². The van der Waals surface area contributed by atoms with E-state index >= 15 is 0 Å². The zero-order chi connectivity index (χ0) is 17.7. The molecular formula is C17H15F2NO4. The number of carbonyl (C=O) groups excluding carboxylic acids is 2. The van der Waals surface area contributed by atoms with Gasteiger partial charge in [0.15, 0.2) is 6.29 Å². The molecule has 0 saturated carbocycles. The average Bonchev–Trinajstić information content (AvgIpc) is 2.61. The molecule has 0 unspecified atom stereocenters. The van der Waals surface area contributed by atoms with Crippen molar-refractivity contribution in [2.75, 3.05) is 19.5 Å². The van der Waals surface area contributed by atoms with Gasteiger partial charge in [0.2, 0.25) is 0 Å². The number of amides is 1. The molecule has 7 heteroatoms. The third-order valence-electron chi connectivity index (χ3n) is 3.33. The highest BCUT2D eigenvalue weighted by Crippen LogP contribution is 2.39. The summed E-state index contributed by atoms with van der Waals surface area (Å²) in [5.74, 6) is -5.78. The number of para-hydroxylation sites is 1. The molecule has 0 radical (unpaired) electrons. The van der Waals surface area contributed by atoms with Crippen molar-refractivity contribution in [3.8, 4) is 11.5 Å². The van der Waals surface area contributed by atoms with Gasteiger partial charge in [0.05, 0.1) is 25.3 Å². The Bertz CT molecular complexity index is 748. The zero-order valence-corrected chi connectivity index (χ0v) is 13.0. The lowest BCUT2D eigenvalue weighted by Crippen LogP contribution is -2.32. The Morgan fingerprint density at radius 1 is 1.08 bits per heavy atom. The van der Waals surface area contributed by atoms with Crippen LogP contribution in [0, 0.1) is 0 Å². The molecule has 0 fully saturated rings. The number of methoxy groups -OCH3 is 2. The van der Waals surface area contributed by atoms with Crippen LogP contribution in [0.1, 0.15) is 15.9 Å². The second kappa shape index (κ2) is 7.08. The minimum Gasteiger partial charge on any atom is -0.496 e. The van der Waals surface area contributed by atoms with Gasteiger partial charge in [-0.15, -0.1) is 0 Å². The third kappa shape index (κ3) is 3.34. The van der Waals surface area contributed by atoms with Gasteiger partial charge in [-0.3, -0.25) is 9.59 Å². The summed E-state index contributed by atoms with van der Waals surface area (Å²) in [6, 6.07) is 9.91. The molecule has 2 aromatic carbocycles. The van der Waals surface area contributed by atoms with E-state index in [2.05, 4.69) is 5.32 Å². The van der Waals surface area contributed by atoms with Gasteiger partial charge in [-0.05, 0) is 24.3 Å². The van der Waals surface area contributed by atoms with E-state index in [0.717, 1.165) is 12.1 Å². The van der Waals surface area contributed by atoms with E-state index in [9.17, 15) is 18.4 Å². The van der Waals surface area contributed by atoms with Gasteiger partial charge >= 0.3 is 5.92 Å². The number of carbonyl (C=O) groups is 2. The molecule has 2 rings (SSSR count). The number of anilines is 1. The molecule has 1 N–H and O–H groups in total. The SMILES string of the molecule is COc1cc(C(F)(F)C(=O)Nc2ccccc2)c(OC)cc1C=O. The molecule has 24 heavy (non-hydrogen) atoms. The monoisotopic (exact) mass is 335 g/mol. The third-order valence-corrected chi connectivity index (χ3v) is 3.33. The molecular weight excluding hydrogens is 320 g/mol. The van der Waals surface area contributed by atoms with Crippen LogP contribution in [0.25, 0.3) is 0 Å². The van der Waals surface area contributed by atoms with E-state index in [1.807, 2.05) is 0 Å². The van der Waals surface area contributed by atoms with Gasteiger partial charge in [-0.1, -0.05) is 18.2 Å². The largest absolute Gasteiger partial charge is 0.496 e. The second-order valence-corrected chi connectivity index (χ2v) is 4.81. The van der Waals surface area contributed by atoms with Gasteiger partial charge in [0, 0.05) is 5.69 Å². The lowest BCUT2D eigenvalue weighted by atomic mass is 10.0. The maximum Gasteiger partial charge on any atom is 0.353 e. The normalized spacial score (nSPS) is 10.8. The minimum atomic E-state index is -3.89. The molecule has 0 atom stereocenters. The molecule has 0 spiro atoms. The van der Waals surface area contributed by atoms with Gasteiger partial charge in [-0.25, -0.2) is 0 Å². The van der Waals surface area contributed by atoms with E-state index in [1.165, 1.54) is 26.4 Å². The van der Waals surface area contributed by atoms with Crippen LogP contribution in [-0.2, 0) is 10.7 Å². The summed E-state index contributed by atoms with van der Waals surface area (Å²) < 4.78 is 39.0. The van der Waals surface area contributed by atoms with Crippen LogP contribution < -0.4 is 14.8 Å². The van der Waals surface area contributed by atoms with Crippen molar-refractivity contribution in [2.45, 2.75) is 5.92 Å². The summed E-state index contributed by atoms with van der Waals surface area (Å²) >= 11 is 0. The number of hydrogen-bond acceptors (Lipinski definition) is 4. The first kappa shape index (κ1) is 17.4. The number of alkyl halides is 2. The Kier molecular flexibility index (Phi) is 5.13. The number of aldehydes is 1. The minimum absolute atomic E-state index is 0.0392. The van der Waals surface area contributed by atoms with Gasteiger partial charge < -0.3 is 14.8 Å². The van der Waals surface area contributed by atoms with E-state index in [-0.39, 0.29) is 22.7 Å². The van der Waals surface area contributed by atoms with Gasteiger partial charge in [0.25, 0.3) is 5.91 Å². The maximum atomic E-state index is 14.6. The first-order valence-corrected chi connectivity index (χ1v) is 6.90. The van der Waals surface area contributed by atoms with E-state index in [1.54, 1.807) is 18.2 Å². The summed E-state index contributed by atoms with van der Waals surface area (Å²) in [6.07, 6.45) is 0.452. The molecule has 0 aliphatic rings. The lowest BCUT2D eigenvalue weighted by molar-refractivity contribution is -0.141. The van der Waals surface area contributed by atoms with Crippen molar-refractivity contribution < 1.29 is 27.8 Å². The van der Waals surface area contributed by atoms with Crippen LogP contribution in [-0.4, -0.2) is 26.4 Å². The van der Waals surface area contributed by atoms with Crippen molar-refractivity contribution in [2.24, 2.45) is 0 Å². The van der Waals surface area contributed by atoms with Crippen molar-refractivity contribution in [3.05, 3.63) is 53.6 Å². The number of hydrogen-bond donors (Lipinski definition) is 1. The van der Waals surface area contributed by atoms with E-state index in [0.29, 0.717) is 6.29 Å². The fourth-order valence-electron chi connectivity index (χ4n) is 2.11. The Labute approximate surface area is 137 Å². The average molecular weight is 335 g/mol. The fraction of sp³-hybridized carbons (Fsp3) is 0.176. The highest BCUT2D eigenvalue weighted by Gasteiger charge is 2.44. The first-order chi connectivity index (χ1) is 11.4. The molecule has 0 bridgehead atoms. The smallest absolute Gasteiger partial charge is 0.353 e. The summed E-state index contributed by atoms with van der Waals surface area (Å²) in [5.41, 5.74) is -0.420. The molecule has 0 heterocycles. The summed E-state index contributed by atoms with van der Waals surface area (Å²) in [4.78, 5) is 23.0. The van der Waals surface area contributed by atoms with Crippen LogP contribution in [0.3, 0.4) is 0 Å². The quantitative estimate of drug-likeness (QED) is 0.823. The van der Waals surface area contributed by atoms with E-state index < -0.39 is 17.4 Å². The number of benzene rings is 2. The Morgan fingerprint density at radius 2 is 1.71 bits per heavy atom. The Morgan fingerprint density at radius 3 is 2.25 bits per heavy atom. The molecule has 1 amide bonds. The summed E-state index contributed by atoms with van der Waals surface area (Å²) in [7, 11) is 2.41. The predicted octanol–water partition coefficient (Wildman–Crippen LogP) is 3.25. The van der Waals surface area contributed by atoms with Crippen molar-refractivity contribution in [1.29, 1.82) is 0 Å². The molecule has 5 nitrogen and oxygen atoms in total. The molecule has 0 aromatic heterocycles. The van der Waals surface area contributed by atoms with Crippen molar-refractivity contribution in [1.82, 2.24) is 0 Å². The van der Waals surface area contributed by atoms with Crippen LogP contribution in [0.4, 0.5) is 14.5 Å². The first-order valence-electron chi connectivity index (χ1n) is 6.90. The molecule has 0 aliphatic carbocycles. The van der Waals surface area contributed by atoms with Gasteiger partial charge in [0.1, 0.15) is 11.5 Å². The molecule has 126 valence electrons. The second-order valence-electron chi connectivity index (χ2n) is 4.81. The number of ether oxygens (including phenoxy) is 2. The topological polar surface area (TPSA) is 64.6 Å². The van der Waals surface area contributed by atoms with Gasteiger partial charge in [-0.2, -0.15) is 8.78 Å². The predicted molar refractivity (Wildman–Crippen MR) is 83.9 cm³/mol. The van der Waals surface area contributed by atoms with Crippen molar-refractivity contribution in [3.63, 3.8) is 0 Å². The summed E-state index contributed by atoms with van der Waals surface area (Å²) in [6.45, 7) is 0. The van der Waals surface area contributed by atoms with Crippen LogP contribution in [0.15, 0.2) is 42.5 Å². The number of rotatable bonds is 6. The molecule has 2 aromatic rings. The number of halogens is 2. The maximum absolute atomic E-state index is 14.6. The number of nitrogens with one attached hydrogen (secondary N) is 1.